The summed E-state index contributed by atoms with van der Waals surface area (Å²) in [6.07, 6.45) is 1.86. The summed E-state index contributed by atoms with van der Waals surface area (Å²) in [5.74, 6) is -0.314. The monoisotopic (exact) mass is 267 g/mol. The van der Waals surface area contributed by atoms with Gasteiger partial charge < -0.3 is 9.14 Å². The van der Waals surface area contributed by atoms with Crippen LogP contribution in [0.3, 0.4) is 0 Å². The number of esters is 1. The molecule has 2 heterocycles. The molecule has 2 aromatic heterocycles. The molecule has 0 atom stereocenters. The van der Waals surface area contributed by atoms with Crippen LogP contribution in [0.2, 0.25) is 0 Å². The first-order valence-corrected chi connectivity index (χ1v) is 5.28. The first kappa shape index (κ1) is 10.2. The number of carbonyl (C=O) groups is 1. The lowest BCUT2D eigenvalue weighted by Gasteiger charge is -2.02. The number of rotatable bonds is 1. The van der Waals surface area contributed by atoms with Crippen LogP contribution in [-0.4, -0.2) is 17.5 Å². The molecule has 0 unspecified atom stereocenters. The Bertz CT molecular complexity index is 531. The van der Waals surface area contributed by atoms with Crippen LogP contribution in [0.5, 0.6) is 0 Å². The molecule has 15 heavy (non-hydrogen) atoms. The van der Waals surface area contributed by atoms with E-state index in [1.165, 1.54) is 7.11 Å². The molecular formula is C11H10BrNO2. The third-order valence-electron chi connectivity index (χ3n) is 2.30. The van der Waals surface area contributed by atoms with Crippen LogP contribution >= 0.6 is 15.9 Å². The van der Waals surface area contributed by atoms with Gasteiger partial charge in [0.2, 0.25) is 0 Å². The molecule has 0 aliphatic rings. The zero-order valence-electron chi connectivity index (χ0n) is 8.45. The molecule has 0 aromatic carbocycles. The van der Waals surface area contributed by atoms with Crippen LogP contribution in [0.1, 0.15) is 16.1 Å². The van der Waals surface area contributed by atoms with E-state index in [9.17, 15) is 4.79 Å². The van der Waals surface area contributed by atoms with E-state index >= 15 is 0 Å². The average molecular weight is 268 g/mol. The summed E-state index contributed by atoms with van der Waals surface area (Å²) in [5.41, 5.74) is 2.48. The van der Waals surface area contributed by atoms with Crippen molar-refractivity contribution in [1.29, 1.82) is 0 Å². The molecule has 3 nitrogen and oxygen atoms in total. The van der Waals surface area contributed by atoms with Crippen LogP contribution in [0.15, 0.2) is 28.9 Å². The van der Waals surface area contributed by atoms with Crippen molar-refractivity contribution in [2.24, 2.45) is 0 Å². The van der Waals surface area contributed by atoms with E-state index in [2.05, 4.69) is 15.9 Å². The molecule has 4 heteroatoms. The molecule has 0 radical (unpaired) electrons. The minimum Gasteiger partial charge on any atom is -0.464 e. The molecule has 0 bridgehead atoms. The Balaban J connectivity index is 2.76. The molecule has 0 aliphatic carbocycles. The standard InChI is InChI=1S/C11H10BrNO2/c1-7-5-9-4-3-8(12)6-13(9)10(7)11(14)15-2/h3-6H,1-2H3. The summed E-state index contributed by atoms with van der Waals surface area (Å²) in [4.78, 5) is 11.6. The van der Waals surface area contributed by atoms with E-state index in [0.717, 1.165) is 15.6 Å². The fraction of sp³-hybridized carbons (Fsp3) is 0.182. The highest BCUT2D eigenvalue weighted by Crippen LogP contribution is 2.20. The number of carbonyl (C=O) groups excluding carboxylic acids is 1. The van der Waals surface area contributed by atoms with Gasteiger partial charge in [0.1, 0.15) is 5.69 Å². The predicted molar refractivity (Wildman–Crippen MR) is 61.2 cm³/mol. The SMILES string of the molecule is COC(=O)c1c(C)cc2ccc(Br)cn12. The molecule has 0 spiro atoms. The minimum absolute atomic E-state index is 0.314. The number of aromatic nitrogens is 1. The van der Waals surface area contributed by atoms with Gasteiger partial charge in [-0.3, -0.25) is 0 Å². The van der Waals surface area contributed by atoms with Crippen molar-refractivity contribution in [3.05, 3.63) is 40.1 Å². The molecule has 0 N–H and O–H groups in total. The average Bonchev–Trinajstić information content (AvgIpc) is 2.52. The molecule has 78 valence electrons. The smallest absolute Gasteiger partial charge is 0.355 e. The van der Waals surface area contributed by atoms with Crippen LogP contribution in [0.25, 0.3) is 5.52 Å². The number of pyridine rings is 1. The second kappa shape index (κ2) is 3.70. The molecular weight excluding hydrogens is 258 g/mol. The Labute approximate surface area is 95.8 Å². The van der Waals surface area contributed by atoms with E-state index in [1.807, 2.05) is 35.7 Å². The van der Waals surface area contributed by atoms with Gasteiger partial charge in [-0.15, -0.1) is 0 Å². The Morgan fingerprint density at radius 3 is 2.87 bits per heavy atom. The van der Waals surface area contributed by atoms with E-state index in [4.69, 9.17) is 4.74 Å². The maximum atomic E-state index is 11.6. The number of aryl methyl sites for hydroxylation is 1. The lowest BCUT2D eigenvalue weighted by atomic mass is 10.3. The van der Waals surface area contributed by atoms with Gasteiger partial charge in [-0.1, -0.05) is 0 Å². The number of methoxy groups -OCH3 is 1. The number of nitrogens with zero attached hydrogens (tertiary/aromatic N) is 1. The maximum Gasteiger partial charge on any atom is 0.355 e. The van der Waals surface area contributed by atoms with Gasteiger partial charge in [-0.2, -0.15) is 0 Å². The van der Waals surface area contributed by atoms with Crippen molar-refractivity contribution in [2.45, 2.75) is 6.92 Å². The summed E-state index contributed by atoms with van der Waals surface area (Å²) in [6.45, 7) is 1.90. The molecule has 0 aliphatic heterocycles. The minimum atomic E-state index is -0.314. The summed E-state index contributed by atoms with van der Waals surface area (Å²) < 4.78 is 7.50. The van der Waals surface area contributed by atoms with Gasteiger partial charge in [0.25, 0.3) is 0 Å². The zero-order chi connectivity index (χ0) is 11.0. The maximum absolute atomic E-state index is 11.6. The van der Waals surface area contributed by atoms with Gasteiger partial charge in [-0.05, 0) is 46.6 Å². The summed E-state index contributed by atoms with van der Waals surface area (Å²) in [5, 5.41) is 0. The van der Waals surface area contributed by atoms with Gasteiger partial charge in [-0.25, -0.2) is 4.79 Å². The fourth-order valence-corrected chi connectivity index (χ4v) is 1.97. The number of hydrogen-bond acceptors (Lipinski definition) is 2. The molecule has 0 amide bonds. The van der Waals surface area contributed by atoms with Crippen LogP contribution < -0.4 is 0 Å². The molecule has 0 saturated heterocycles. The van der Waals surface area contributed by atoms with Crippen LogP contribution in [0, 0.1) is 6.92 Å². The zero-order valence-corrected chi connectivity index (χ0v) is 10.0. The van der Waals surface area contributed by atoms with Crippen LogP contribution in [0.4, 0.5) is 0 Å². The van der Waals surface area contributed by atoms with Gasteiger partial charge in [0.05, 0.1) is 7.11 Å². The van der Waals surface area contributed by atoms with Crippen molar-refractivity contribution in [1.82, 2.24) is 4.40 Å². The third-order valence-corrected chi connectivity index (χ3v) is 2.77. The van der Waals surface area contributed by atoms with Crippen molar-refractivity contribution >= 4 is 27.4 Å². The Kier molecular flexibility index (Phi) is 2.52. The van der Waals surface area contributed by atoms with Gasteiger partial charge >= 0.3 is 5.97 Å². The van der Waals surface area contributed by atoms with Gasteiger partial charge in [0.15, 0.2) is 0 Å². The predicted octanol–water partition coefficient (Wildman–Crippen LogP) is 2.80. The first-order valence-electron chi connectivity index (χ1n) is 4.49. The van der Waals surface area contributed by atoms with Crippen LogP contribution in [-0.2, 0) is 4.74 Å². The largest absolute Gasteiger partial charge is 0.464 e. The summed E-state index contributed by atoms with van der Waals surface area (Å²) in [6, 6.07) is 5.85. The Morgan fingerprint density at radius 1 is 1.47 bits per heavy atom. The number of hydrogen-bond donors (Lipinski definition) is 0. The third kappa shape index (κ3) is 1.65. The normalized spacial score (nSPS) is 10.6. The highest BCUT2D eigenvalue weighted by molar-refractivity contribution is 9.10. The molecule has 2 aromatic rings. The van der Waals surface area contributed by atoms with Crippen molar-refractivity contribution in [3.63, 3.8) is 0 Å². The molecule has 0 saturated carbocycles. The summed E-state index contributed by atoms with van der Waals surface area (Å²) >= 11 is 3.37. The fourth-order valence-electron chi connectivity index (χ4n) is 1.63. The molecule has 2 rings (SSSR count). The van der Waals surface area contributed by atoms with E-state index in [0.29, 0.717) is 5.69 Å². The van der Waals surface area contributed by atoms with Crippen molar-refractivity contribution in [2.75, 3.05) is 7.11 Å². The second-order valence-corrected chi connectivity index (χ2v) is 4.23. The highest BCUT2D eigenvalue weighted by atomic mass is 79.9. The quantitative estimate of drug-likeness (QED) is 0.744. The highest BCUT2D eigenvalue weighted by Gasteiger charge is 2.15. The Morgan fingerprint density at radius 2 is 2.20 bits per heavy atom. The summed E-state index contributed by atoms with van der Waals surface area (Å²) in [7, 11) is 1.39. The topological polar surface area (TPSA) is 30.7 Å². The lowest BCUT2D eigenvalue weighted by Crippen LogP contribution is -2.06. The van der Waals surface area contributed by atoms with E-state index in [1.54, 1.807) is 0 Å². The first-order chi connectivity index (χ1) is 7.13. The van der Waals surface area contributed by atoms with Gasteiger partial charge in [0, 0.05) is 16.2 Å². The van der Waals surface area contributed by atoms with E-state index < -0.39 is 0 Å². The van der Waals surface area contributed by atoms with Crippen molar-refractivity contribution in [3.8, 4) is 0 Å². The number of halogens is 1. The van der Waals surface area contributed by atoms with E-state index in [-0.39, 0.29) is 5.97 Å². The van der Waals surface area contributed by atoms with Crippen molar-refractivity contribution < 1.29 is 9.53 Å². The lowest BCUT2D eigenvalue weighted by molar-refractivity contribution is 0.0592. The molecule has 0 fully saturated rings. The number of ether oxygens (including phenoxy) is 1. The number of fused-ring (bicyclic) bond motifs is 1. The Hall–Kier alpha value is -1.29. The second-order valence-electron chi connectivity index (χ2n) is 3.31.